The molecule has 1 heterocycles. The van der Waals surface area contributed by atoms with Crippen molar-refractivity contribution in [1.29, 1.82) is 0 Å². The van der Waals surface area contributed by atoms with Crippen LogP contribution in [0.1, 0.15) is 37.7 Å². The van der Waals surface area contributed by atoms with Crippen LogP contribution in [0.3, 0.4) is 0 Å². The Morgan fingerprint density at radius 2 is 2.00 bits per heavy atom. The van der Waals surface area contributed by atoms with Gasteiger partial charge in [-0.15, -0.1) is 0 Å². The fourth-order valence-corrected chi connectivity index (χ4v) is 2.28. The molecule has 0 amide bonds. The van der Waals surface area contributed by atoms with Crippen molar-refractivity contribution in [2.24, 2.45) is 0 Å². The molecule has 0 bridgehead atoms. The molecule has 1 atom stereocenters. The van der Waals surface area contributed by atoms with Gasteiger partial charge < -0.3 is 0 Å². The van der Waals surface area contributed by atoms with Gasteiger partial charge in [-0.25, -0.2) is 5.32 Å². The van der Waals surface area contributed by atoms with Crippen LogP contribution in [0.2, 0.25) is 0 Å². The van der Waals surface area contributed by atoms with E-state index in [-0.39, 0.29) is 0 Å². The van der Waals surface area contributed by atoms with Crippen LogP contribution in [-0.2, 0) is 6.42 Å². The minimum atomic E-state index is 0.669. The van der Waals surface area contributed by atoms with Crippen molar-refractivity contribution in [3.63, 3.8) is 0 Å². The Labute approximate surface area is 92.9 Å². The average Bonchev–Trinajstić information content (AvgIpc) is 2.32. The lowest BCUT2D eigenvalue weighted by Crippen LogP contribution is -2.27. The van der Waals surface area contributed by atoms with Crippen LogP contribution in [0.5, 0.6) is 0 Å². The zero-order chi connectivity index (χ0) is 10.3. The summed E-state index contributed by atoms with van der Waals surface area (Å²) in [5.74, 6) is 0. The molecular weight excluding hydrogens is 182 g/mol. The van der Waals surface area contributed by atoms with Gasteiger partial charge in [0.25, 0.3) is 0 Å². The van der Waals surface area contributed by atoms with Gasteiger partial charge in [-0.3, -0.25) is 0 Å². The van der Waals surface area contributed by atoms with Crippen molar-refractivity contribution < 1.29 is 0 Å². The van der Waals surface area contributed by atoms with Crippen LogP contribution >= 0.6 is 0 Å². The van der Waals surface area contributed by atoms with E-state index in [2.05, 4.69) is 35.6 Å². The third-order valence-corrected chi connectivity index (χ3v) is 3.18. The Morgan fingerprint density at radius 1 is 1.13 bits per heavy atom. The fraction of sp³-hybridized carbons (Fsp3) is 0.571. The van der Waals surface area contributed by atoms with E-state index >= 15 is 0 Å². The molecule has 0 N–H and O–H groups in total. The Hall–Kier alpha value is -0.820. The highest BCUT2D eigenvalue weighted by Crippen LogP contribution is 2.14. The maximum Gasteiger partial charge on any atom is 0.0246 e. The monoisotopic (exact) mass is 202 g/mol. The molecule has 81 valence electrons. The molecule has 1 radical (unpaired) electrons. The highest BCUT2D eigenvalue weighted by atomic mass is 14.9. The van der Waals surface area contributed by atoms with Crippen molar-refractivity contribution in [1.82, 2.24) is 5.32 Å². The van der Waals surface area contributed by atoms with Gasteiger partial charge in [0.1, 0.15) is 0 Å². The quantitative estimate of drug-likeness (QED) is 0.712. The summed E-state index contributed by atoms with van der Waals surface area (Å²) in [5, 5.41) is 4.66. The van der Waals surface area contributed by atoms with E-state index in [9.17, 15) is 0 Å². The largest absolute Gasteiger partial charge is 0.238 e. The van der Waals surface area contributed by atoms with Gasteiger partial charge in [0.05, 0.1) is 0 Å². The lowest BCUT2D eigenvalue weighted by molar-refractivity contribution is 0.368. The summed E-state index contributed by atoms with van der Waals surface area (Å²) >= 11 is 0. The first-order valence-electron chi connectivity index (χ1n) is 6.16. The minimum Gasteiger partial charge on any atom is -0.238 e. The molecule has 1 aliphatic rings. The summed E-state index contributed by atoms with van der Waals surface area (Å²) in [6.45, 7) is 1.11. The fourth-order valence-electron chi connectivity index (χ4n) is 2.28. The van der Waals surface area contributed by atoms with E-state index in [1.807, 2.05) is 0 Å². The molecule has 2 rings (SSSR count). The summed E-state index contributed by atoms with van der Waals surface area (Å²) < 4.78 is 0. The summed E-state index contributed by atoms with van der Waals surface area (Å²) in [4.78, 5) is 0. The van der Waals surface area contributed by atoms with Gasteiger partial charge in [0.15, 0.2) is 0 Å². The van der Waals surface area contributed by atoms with Crippen molar-refractivity contribution in [2.45, 2.75) is 44.6 Å². The maximum absolute atomic E-state index is 4.66. The maximum atomic E-state index is 4.66. The van der Waals surface area contributed by atoms with E-state index in [4.69, 9.17) is 0 Å². The van der Waals surface area contributed by atoms with Crippen LogP contribution in [-0.4, -0.2) is 12.6 Å². The smallest absolute Gasteiger partial charge is 0.0246 e. The Morgan fingerprint density at radius 3 is 2.73 bits per heavy atom. The number of rotatable bonds is 4. The molecule has 1 aromatic rings. The summed E-state index contributed by atoms with van der Waals surface area (Å²) in [6.07, 6.45) is 7.82. The van der Waals surface area contributed by atoms with E-state index in [0.717, 1.165) is 6.54 Å². The average molecular weight is 202 g/mol. The third-order valence-electron chi connectivity index (χ3n) is 3.18. The highest BCUT2D eigenvalue weighted by Gasteiger charge is 2.12. The van der Waals surface area contributed by atoms with Gasteiger partial charge in [0, 0.05) is 12.6 Å². The van der Waals surface area contributed by atoms with Crippen LogP contribution in [0, 0.1) is 0 Å². The van der Waals surface area contributed by atoms with Crippen molar-refractivity contribution in [3.8, 4) is 0 Å². The standard InChI is InChI=1S/C14H20N/c1-2-7-13(8-3-1)9-6-11-14-10-4-5-12-15-14/h1-3,7-8,14H,4-6,9-12H2. The number of piperidine rings is 1. The number of benzene rings is 1. The normalized spacial score (nSPS) is 21.5. The highest BCUT2D eigenvalue weighted by molar-refractivity contribution is 5.14. The Kier molecular flexibility index (Phi) is 4.22. The van der Waals surface area contributed by atoms with Crippen molar-refractivity contribution in [2.75, 3.05) is 6.54 Å². The topological polar surface area (TPSA) is 14.1 Å². The molecule has 1 aliphatic heterocycles. The molecule has 1 nitrogen and oxygen atoms in total. The van der Waals surface area contributed by atoms with Gasteiger partial charge in [-0.1, -0.05) is 36.8 Å². The van der Waals surface area contributed by atoms with Gasteiger partial charge in [-0.2, -0.15) is 0 Å². The molecule has 0 saturated carbocycles. The van der Waals surface area contributed by atoms with Gasteiger partial charge in [0.2, 0.25) is 0 Å². The van der Waals surface area contributed by atoms with Crippen LogP contribution in [0.25, 0.3) is 0 Å². The molecule has 0 spiro atoms. The molecule has 0 aliphatic carbocycles. The van der Waals surface area contributed by atoms with Crippen LogP contribution in [0.4, 0.5) is 0 Å². The lowest BCUT2D eigenvalue weighted by atomic mass is 9.98. The molecular formula is C14H20N. The number of nitrogens with zero attached hydrogens (tertiary/aromatic N) is 1. The van der Waals surface area contributed by atoms with Crippen LogP contribution in [0.15, 0.2) is 30.3 Å². The first-order chi connectivity index (χ1) is 7.45. The number of aryl methyl sites for hydroxylation is 1. The minimum absolute atomic E-state index is 0.669. The molecule has 1 heteroatoms. The second kappa shape index (κ2) is 5.92. The predicted molar refractivity (Wildman–Crippen MR) is 64.0 cm³/mol. The molecule has 1 aromatic carbocycles. The summed E-state index contributed by atoms with van der Waals surface area (Å²) in [5.41, 5.74) is 1.47. The van der Waals surface area contributed by atoms with E-state index < -0.39 is 0 Å². The second-order valence-electron chi connectivity index (χ2n) is 4.43. The first kappa shape index (κ1) is 10.7. The summed E-state index contributed by atoms with van der Waals surface area (Å²) in [6, 6.07) is 11.4. The van der Waals surface area contributed by atoms with Gasteiger partial charge in [-0.05, 0) is 37.7 Å². The zero-order valence-electron chi connectivity index (χ0n) is 9.36. The number of hydrogen-bond donors (Lipinski definition) is 0. The summed E-state index contributed by atoms with van der Waals surface area (Å²) in [7, 11) is 0. The predicted octanol–water partition coefficient (Wildman–Crippen LogP) is 3.17. The number of hydrogen-bond acceptors (Lipinski definition) is 0. The SMILES string of the molecule is c1ccc(CCCC2CCCC[N]2)cc1. The molecule has 1 saturated heterocycles. The lowest BCUT2D eigenvalue weighted by Gasteiger charge is -2.21. The first-order valence-corrected chi connectivity index (χ1v) is 6.16. The van der Waals surface area contributed by atoms with Crippen LogP contribution < -0.4 is 5.32 Å². The zero-order valence-corrected chi connectivity index (χ0v) is 9.36. The molecule has 1 fully saturated rings. The van der Waals surface area contributed by atoms with E-state index in [1.165, 1.54) is 44.1 Å². The second-order valence-corrected chi connectivity index (χ2v) is 4.43. The van der Waals surface area contributed by atoms with E-state index in [1.54, 1.807) is 0 Å². The Balaban J connectivity index is 1.66. The Bertz CT molecular complexity index is 262. The molecule has 0 aromatic heterocycles. The van der Waals surface area contributed by atoms with Gasteiger partial charge >= 0.3 is 0 Å². The molecule has 15 heavy (non-hydrogen) atoms. The van der Waals surface area contributed by atoms with E-state index in [0.29, 0.717) is 6.04 Å². The third kappa shape index (κ3) is 3.67. The van der Waals surface area contributed by atoms with Crippen molar-refractivity contribution in [3.05, 3.63) is 35.9 Å². The molecule has 1 unspecified atom stereocenters. The van der Waals surface area contributed by atoms with Crippen molar-refractivity contribution >= 4 is 0 Å².